The first-order chi connectivity index (χ1) is 6.74. The highest BCUT2D eigenvalue weighted by atomic mass is 32.1. The van der Waals surface area contributed by atoms with E-state index in [-0.39, 0.29) is 5.43 Å². The third-order valence-electron chi connectivity index (χ3n) is 2.22. The smallest absolute Gasteiger partial charge is 0.197 e. The standard InChI is InChI=1S/C11H10O2S/c1-2-7-10(12)8-5-3-4-6-9(8)13-11(7)14/h3-6,14H,2H2,1H3. The lowest BCUT2D eigenvalue weighted by molar-refractivity contribution is 0.490. The second kappa shape index (κ2) is 3.50. The summed E-state index contributed by atoms with van der Waals surface area (Å²) in [5, 5.41) is 1.05. The molecule has 0 unspecified atom stereocenters. The summed E-state index contributed by atoms with van der Waals surface area (Å²) in [6, 6.07) is 7.21. The maximum absolute atomic E-state index is 11.9. The molecule has 14 heavy (non-hydrogen) atoms. The molecule has 1 heterocycles. The second-order valence-electron chi connectivity index (χ2n) is 3.06. The maximum Gasteiger partial charge on any atom is 0.197 e. The van der Waals surface area contributed by atoms with Gasteiger partial charge in [-0.25, -0.2) is 0 Å². The van der Waals surface area contributed by atoms with Crippen molar-refractivity contribution >= 4 is 23.6 Å². The molecule has 1 aromatic carbocycles. The summed E-state index contributed by atoms with van der Waals surface area (Å²) >= 11 is 4.16. The third kappa shape index (κ3) is 1.34. The minimum atomic E-state index is 0.0272. The van der Waals surface area contributed by atoms with Crippen LogP contribution in [0.4, 0.5) is 0 Å². The van der Waals surface area contributed by atoms with E-state index < -0.39 is 0 Å². The topological polar surface area (TPSA) is 30.2 Å². The Kier molecular flexibility index (Phi) is 2.33. The van der Waals surface area contributed by atoms with Gasteiger partial charge in [0, 0.05) is 5.56 Å². The molecule has 0 spiro atoms. The van der Waals surface area contributed by atoms with Crippen LogP contribution in [-0.4, -0.2) is 0 Å². The van der Waals surface area contributed by atoms with Crippen molar-refractivity contribution in [3.05, 3.63) is 40.1 Å². The Morgan fingerprint density at radius 3 is 2.79 bits per heavy atom. The van der Waals surface area contributed by atoms with Gasteiger partial charge < -0.3 is 4.42 Å². The zero-order valence-corrected chi connectivity index (χ0v) is 8.67. The van der Waals surface area contributed by atoms with Gasteiger partial charge in [-0.05, 0) is 18.6 Å². The lowest BCUT2D eigenvalue weighted by atomic mass is 10.1. The number of hydrogen-bond donors (Lipinski definition) is 1. The second-order valence-corrected chi connectivity index (χ2v) is 3.47. The number of rotatable bonds is 1. The average molecular weight is 206 g/mol. The molecule has 0 amide bonds. The molecule has 1 aromatic heterocycles. The Morgan fingerprint density at radius 2 is 2.07 bits per heavy atom. The van der Waals surface area contributed by atoms with E-state index in [9.17, 15) is 4.79 Å². The van der Waals surface area contributed by atoms with Gasteiger partial charge in [-0.15, -0.1) is 12.6 Å². The predicted molar refractivity (Wildman–Crippen MR) is 59.1 cm³/mol. The third-order valence-corrected chi connectivity index (χ3v) is 2.59. The molecule has 0 saturated carbocycles. The Balaban J connectivity index is 2.93. The van der Waals surface area contributed by atoms with Crippen molar-refractivity contribution in [1.29, 1.82) is 0 Å². The van der Waals surface area contributed by atoms with E-state index in [4.69, 9.17) is 4.42 Å². The Morgan fingerprint density at radius 1 is 1.36 bits per heavy atom. The van der Waals surface area contributed by atoms with Gasteiger partial charge in [0.2, 0.25) is 0 Å². The van der Waals surface area contributed by atoms with Gasteiger partial charge in [-0.3, -0.25) is 4.79 Å². The summed E-state index contributed by atoms with van der Waals surface area (Å²) in [7, 11) is 0. The van der Waals surface area contributed by atoms with Gasteiger partial charge in [0.05, 0.1) is 5.39 Å². The van der Waals surface area contributed by atoms with Gasteiger partial charge in [0.1, 0.15) is 5.58 Å². The van der Waals surface area contributed by atoms with Crippen molar-refractivity contribution in [2.75, 3.05) is 0 Å². The van der Waals surface area contributed by atoms with E-state index in [0.717, 1.165) is 0 Å². The number of para-hydroxylation sites is 1. The number of thiol groups is 1. The molecule has 2 rings (SSSR count). The summed E-state index contributed by atoms with van der Waals surface area (Å²) in [5.41, 5.74) is 1.27. The van der Waals surface area contributed by atoms with Gasteiger partial charge in [-0.1, -0.05) is 19.1 Å². The molecule has 0 atom stereocenters. The van der Waals surface area contributed by atoms with Crippen molar-refractivity contribution in [3.8, 4) is 0 Å². The largest absolute Gasteiger partial charge is 0.450 e. The fourth-order valence-corrected chi connectivity index (χ4v) is 1.84. The summed E-state index contributed by atoms with van der Waals surface area (Å²) in [5.74, 6) is 0. The summed E-state index contributed by atoms with van der Waals surface area (Å²) < 4.78 is 5.43. The molecule has 0 aliphatic rings. The first kappa shape index (κ1) is 9.34. The molecule has 0 fully saturated rings. The monoisotopic (exact) mass is 206 g/mol. The van der Waals surface area contributed by atoms with Crippen LogP contribution in [0.3, 0.4) is 0 Å². The first-order valence-corrected chi connectivity index (χ1v) is 4.92. The Bertz CT molecular complexity index is 528. The molecular formula is C11H10O2S. The maximum atomic E-state index is 11.9. The van der Waals surface area contributed by atoms with E-state index in [1.54, 1.807) is 12.1 Å². The molecule has 0 aliphatic carbocycles. The van der Waals surface area contributed by atoms with Crippen LogP contribution < -0.4 is 5.43 Å². The van der Waals surface area contributed by atoms with E-state index >= 15 is 0 Å². The van der Waals surface area contributed by atoms with Crippen molar-refractivity contribution in [2.24, 2.45) is 0 Å². The van der Waals surface area contributed by atoms with E-state index in [1.165, 1.54) is 0 Å². The van der Waals surface area contributed by atoms with Crippen LogP contribution in [0.15, 0.2) is 38.6 Å². The van der Waals surface area contributed by atoms with E-state index in [0.29, 0.717) is 28.0 Å². The molecule has 72 valence electrons. The van der Waals surface area contributed by atoms with Crippen LogP contribution in [0.2, 0.25) is 0 Å². The van der Waals surface area contributed by atoms with Crippen molar-refractivity contribution in [2.45, 2.75) is 18.4 Å². The molecule has 0 aliphatic heterocycles. The summed E-state index contributed by atoms with van der Waals surface area (Å²) in [6.45, 7) is 1.92. The van der Waals surface area contributed by atoms with Crippen LogP contribution in [0.25, 0.3) is 11.0 Å². The molecule has 2 nitrogen and oxygen atoms in total. The molecule has 0 bridgehead atoms. The molecule has 0 saturated heterocycles. The molecule has 0 radical (unpaired) electrons. The Hall–Kier alpha value is -1.22. The highest BCUT2D eigenvalue weighted by Gasteiger charge is 2.08. The minimum Gasteiger partial charge on any atom is -0.450 e. The number of benzene rings is 1. The first-order valence-electron chi connectivity index (χ1n) is 4.47. The quantitative estimate of drug-likeness (QED) is 0.727. The lowest BCUT2D eigenvalue weighted by Crippen LogP contribution is -2.08. The average Bonchev–Trinajstić information content (AvgIpc) is 2.18. The van der Waals surface area contributed by atoms with Crippen LogP contribution in [0.1, 0.15) is 12.5 Å². The van der Waals surface area contributed by atoms with Crippen molar-refractivity contribution in [1.82, 2.24) is 0 Å². The number of fused-ring (bicyclic) bond motifs is 1. The number of hydrogen-bond acceptors (Lipinski definition) is 3. The molecule has 0 N–H and O–H groups in total. The van der Waals surface area contributed by atoms with Gasteiger partial charge in [0.15, 0.2) is 10.5 Å². The lowest BCUT2D eigenvalue weighted by Gasteiger charge is -2.02. The fraction of sp³-hybridized carbons (Fsp3) is 0.182. The van der Waals surface area contributed by atoms with Crippen molar-refractivity contribution in [3.63, 3.8) is 0 Å². The van der Waals surface area contributed by atoms with E-state index in [1.807, 2.05) is 19.1 Å². The highest BCUT2D eigenvalue weighted by Crippen LogP contribution is 2.18. The highest BCUT2D eigenvalue weighted by molar-refractivity contribution is 7.80. The van der Waals surface area contributed by atoms with Gasteiger partial charge >= 0.3 is 0 Å². The zero-order chi connectivity index (χ0) is 10.1. The molecule has 2 aromatic rings. The van der Waals surface area contributed by atoms with Gasteiger partial charge in [-0.2, -0.15) is 0 Å². The normalized spacial score (nSPS) is 10.7. The summed E-state index contributed by atoms with van der Waals surface area (Å²) in [6.07, 6.45) is 0.645. The molecule has 3 heteroatoms. The van der Waals surface area contributed by atoms with E-state index in [2.05, 4.69) is 12.6 Å². The van der Waals surface area contributed by atoms with Crippen molar-refractivity contribution < 1.29 is 4.42 Å². The van der Waals surface area contributed by atoms with Crippen LogP contribution in [0.5, 0.6) is 0 Å². The molecular weight excluding hydrogens is 196 g/mol. The fourth-order valence-electron chi connectivity index (χ4n) is 1.48. The van der Waals surface area contributed by atoms with Crippen LogP contribution >= 0.6 is 12.6 Å². The minimum absolute atomic E-state index is 0.0272. The van der Waals surface area contributed by atoms with Gasteiger partial charge in [0.25, 0.3) is 0 Å². The SMILES string of the molecule is CCc1c(S)oc2ccccc2c1=O. The van der Waals surface area contributed by atoms with Crippen LogP contribution in [0, 0.1) is 0 Å². The summed E-state index contributed by atoms with van der Waals surface area (Å²) in [4.78, 5) is 11.9. The zero-order valence-electron chi connectivity index (χ0n) is 7.78. The predicted octanol–water partition coefficient (Wildman–Crippen LogP) is 2.64. The Labute approximate surface area is 87.0 Å². The van der Waals surface area contributed by atoms with Crippen LogP contribution in [-0.2, 0) is 6.42 Å².